The van der Waals surface area contributed by atoms with E-state index in [0.717, 1.165) is 17.1 Å². The summed E-state index contributed by atoms with van der Waals surface area (Å²) >= 11 is 0. The van der Waals surface area contributed by atoms with Crippen LogP contribution in [-0.2, 0) is 10.0 Å². The largest absolute Gasteiger partial charge is 0.338 e. The number of nitrogens with zero attached hydrogens (tertiary/aromatic N) is 2. The quantitative estimate of drug-likeness (QED) is 0.832. The molecule has 0 radical (unpaired) electrons. The number of likely N-dealkylation sites (tertiary alicyclic amines) is 1. The Hall–Kier alpha value is -1.93. The molecule has 25 heavy (non-hydrogen) atoms. The smallest absolute Gasteiger partial charge is 0.268 e. The van der Waals surface area contributed by atoms with Crippen molar-refractivity contribution < 1.29 is 18.0 Å². The van der Waals surface area contributed by atoms with Crippen molar-refractivity contribution in [3.05, 3.63) is 29.3 Å². The summed E-state index contributed by atoms with van der Waals surface area (Å²) in [6.45, 7) is 2.97. The SMILES string of the molecule is CCN1C(=O)c2ccc(C(=O)N3CC4CCC(N)C4C3)cc2S1(=O)=O. The molecule has 0 aromatic heterocycles. The first-order valence-electron chi connectivity index (χ1n) is 8.60. The number of fused-ring (bicyclic) bond motifs is 2. The summed E-state index contributed by atoms with van der Waals surface area (Å²) < 4.78 is 25.8. The van der Waals surface area contributed by atoms with Crippen molar-refractivity contribution in [1.82, 2.24) is 9.21 Å². The van der Waals surface area contributed by atoms with E-state index in [1.54, 1.807) is 17.9 Å². The van der Waals surface area contributed by atoms with Gasteiger partial charge in [0.2, 0.25) is 0 Å². The van der Waals surface area contributed by atoms with Crippen LogP contribution < -0.4 is 5.73 Å². The molecular formula is C17H21N3O4S. The molecule has 2 heterocycles. The van der Waals surface area contributed by atoms with Gasteiger partial charge in [-0.05, 0) is 49.8 Å². The molecule has 1 aromatic rings. The van der Waals surface area contributed by atoms with Gasteiger partial charge in [0.25, 0.3) is 21.8 Å². The molecule has 2 amide bonds. The van der Waals surface area contributed by atoms with E-state index in [1.807, 2.05) is 0 Å². The van der Waals surface area contributed by atoms with Crippen LogP contribution in [0.3, 0.4) is 0 Å². The highest BCUT2D eigenvalue weighted by Crippen LogP contribution is 2.38. The summed E-state index contributed by atoms with van der Waals surface area (Å²) in [7, 11) is -3.86. The first-order valence-corrected chi connectivity index (χ1v) is 10.0. The van der Waals surface area contributed by atoms with Gasteiger partial charge in [0.05, 0.1) is 5.56 Å². The van der Waals surface area contributed by atoms with E-state index in [1.165, 1.54) is 12.1 Å². The molecule has 1 saturated carbocycles. The van der Waals surface area contributed by atoms with Crippen LogP contribution in [0, 0.1) is 11.8 Å². The summed E-state index contributed by atoms with van der Waals surface area (Å²) in [6, 6.07) is 4.47. The summed E-state index contributed by atoms with van der Waals surface area (Å²) in [4.78, 5) is 26.7. The number of hydrogen-bond acceptors (Lipinski definition) is 5. The van der Waals surface area contributed by atoms with Crippen LogP contribution >= 0.6 is 0 Å². The second-order valence-electron chi connectivity index (χ2n) is 7.06. The Kier molecular flexibility index (Phi) is 3.66. The van der Waals surface area contributed by atoms with Crippen molar-refractivity contribution in [3.8, 4) is 0 Å². The molecule has 2 aliphatic heterocycles. The van der Waals surface area contributed by atoms with E-state index in [9.17, 15) is 18.0 Å². The number of amides is 2. The molecule has 3 aliphatic rings. The highest BCUT2D eigenvalue weighted by Gasteiger charge is 2.44. The second-order valence-corrected chi connectivity index (χ2v) is 8.89. The van der Waals surface area contributed by atoms with Crippen LogP contribution in [0.15, 0.2) is 23.1 Å². The molecule has 3 atom stereocenters. The van der Waals surface area contributed by atoms with Crippen molar-refractivity contribution in [3.63, 3.8) is 0 Å². The van der Waals surface area contributed by atoms with Crippen molar-refractivity contribution in [2.45, 2.75) is 30.7 Å². The minimum atomic E-state index is -3.86. The normalized spacial score (nSPS) is 29.8. The van der Waals surface area contributed by atoms with Gasteiger partial charge in [-0.15, -0.1) is 0 Å². The maximum absolute atomic E-state index is 12.8. The van der Waals surface area contributed by atoms with E-state index in [4.69, 9.17) is 5.73 Å². The summed E-state index contributed by atoms with van der Waals surface area (Å²) in [5, 5.41) is 0. The Bertz CT molecular complexity index is 867. The third-order valence-corrected chi connectivity index (χ3v) is 7.64. The molecule has 0 bridgehead atoms. The lowest BCUT2D eigenvalue weighted by Gasteiger charge is -2.19. The molecule has 0 spiro atoms. The zero-order valence-corrected chi connectivity index (χ0v) is 14.8. The lowest BCUT2D eigenvalue weighted by molar-refractivity contribution is 0.0778. The Labute approximate surface area is 146 Å². The lowest BCUT2D eigenvalue weighted by atomic mass is 9.98. The maximum atomic E-state index is 12.8. The summed E-state index contributed by atoms with van der Waals surface area (Å²) in [5.41, 5.74) is 6.56. The van der Waals surface area contributed by atoms with Gasteiger partial charge >= 0.3 is 0 Å². The fourth-order valence-electron chi connectivity index (χ4n) is 4.38. The van der Waals surface area contributed by atoms with Crippen LogP contribution in [0.4, 0.5) is 0 Å². The van der Waals surface area contributed by atoms with Crippen LogP contribution in [0.2, 0.25) is 0 Å². The highest BCUT2D eigenvalue weighted by molar-refractivity contribution is 7.90. The van der Waals surface area contributed by atoms with Crippen molar-refractivity contribution in [2.75, 3.05) is 19.6 Å². The average molecular weight is 363 g/mol. The first kappa shape index (κ1) is 16.5. The van der Waals surface area contributed by atoms with Crippen LogP contribution in [0.25, 0.3) is 0 Å². The molecular weight excluding hydrogens is 342 g/mol. The third-order valence-electron chi connectivity index (χ3n) is 5.74. The van der Waals surface area contributed by atoms with Gasteiger partial charge in [-0.2, -0.15) is 0 Å². The maximum Gasteiger partial charge on any atom is 0.268 e. The van der Waals surface area contributed by atoms with Crippen LogP contribution in [0.1, 0.15) is 40.5 Å². The van der Waals surface area contributed by atoms with Gasteiger partial charge in [0, 0.05) is 31.2 Å². The Morgan fingerprint density at radius 2 is 2.04 bits per heavy atom. The minimum Gasteiger partial charge on any atom is -0.338 e. The van der Waals surface area contributed by atoms with Crippen LogP contribution in [0.5, 0.6) is 0 Å². The molecule has 1 aromatic carbocycles. The van der Waals surface area contributed by atoms with Gasteiger partial charge in [0.15, 0.2) is 0 Å². The minimum absolute atomic E-state index is 0.0682. The van der Waals surface area contributed by atoms with E-state index < -0.39 is 15.9 Å². The molecule has 2 N–H and O–H groups in total. The molecule has 2 fully saturated rings. The van der Waals surface area contributed by atoms with Crippen molar-refractivity contribution >= 4 is 21.8 Å². The number of sulfonamides is 1. The molecule has 1 saturated heterocycles. The van der Waals surface area contributed by atoms with Gasteiger partial charge < -0.3 is 10.6 Å². The topological polar surface area (TPSA) is 101 Å². The van der Waals surface area contributed by atoms with E-state index in [2.05, 4.69) is 0 Å². The number of nitrogens with two attached hydrogens (primary N) is 1. The van der Waals surface area contributed by atoms with Gasteiger partial charge in [-0.25, -0.2) is 12.7 Å². The fourth-order valence-corrected chi connectivity index (χ4v) is 5.98. The number of hydrogen-bond donors (Lipinski definition) is 1. The highest BCUT2D eigenvalue weighted by atomic mass is 32.2. The number of benzene rings is 1. The molecule has 1 aliphatic carbocycles. The third kappa shape index (κ3) is 2.31. The monoisotopic (exact) mass is 363 g/mol. The average Bonchev–Trinajstić information content (AvgIpc) is 3.21. The Balaban J connectivity index is 1.64. The predicted molar refractivity (Wildman–Crippen MR) is 90.4 cm³/mol. The van der Waals surface area contributed by atoms with Gasteiger partial charge in [0.1, 0.15) is 4.90 Å². The fraction of sp³-hybridized carbons (Fsp3) is 0.529. The molecule has 7 nitrogen and oxygen atoms in total. The number of carbonyl (C=O) groups excluding carboxylic acids is 2. The van der Waals surface area contributed by atoms with Crippen LogP contribution in [-0.4, -0.2) is 55.1 Å². The Morgan fingerprint density at radius 3 is 2.72 bits per heavy atom. The second kappa shape index (κ2) is 5.54. The Morgan fingerprint density at radius 1 is 1.28 bits per heavy atom. The number of carbonyl (C=O) groups is 2. The lowest BCUT2D eigenvalue weighted by Crippen LogP contribution is -2.33. The molecule has 4 rings (SSSR count). The number of rotatable bonds is 2. The van der Waals surface area contributed by atoms with Gasteiger partial charge in [-0.3, -0.25) is 9.59 Å². The van der Waals surface area contributed by atoms with Crippen molar-refractivity contribution in [2.24, 2.45) is 17.6 Å². The van der Waals surface area contributed by atoms with E-state index >= 15 is 0 Å². The zero-order valence-electron chi connectivity index (χ0n) is 14.0. The first-order chi connectivity index (χ1) is 11.8. The molecule has 8 heteroatoms. The zero-order chi connectivity index (χ0) is 17.9. The predicted octanol–water partition coefficient (Wildman–Crippen LogP) is 0.660. The summed E-state index contributed by atoms with van der Waals surface area (Å²) in [6.07, 6.45) is 2.04. The molecule has 134 valence electrons. The summed E-state index contributed by atoms with van der Waals surface area (Å²) in [5.74, 6) is 0.0497. The van der Waals surface area contributed by atoms with E-state index in [-0.39, 0.29) is 29.0 Å². The van der Waals surface area contributed by atoms with Crippen molar-refractivity contribution in [1.29, 1.82) is 0 Å². The molecule has 3 unspecified atom stereocenters. The van der Waals surface area contributed by atoms with Gasteiger partial charge in [-0.1, -0.05) is 0 Å². The standard InChI is InChI=1S/C17H21N3O4S/c1-2-20-17(22)12-5-3-10(7-15(12)25(20,23)24)16(21)19-8-11-4-6-14(18)13(11)9-19/h3,5,7,11,13-14H,2,4,6,8-9,18H2,1H3. The van der Waals surface area contributed by atoms with E-state index in [0.29, 0.717) is 30.5 Å².